The molecular formula is C11H12F3NOSi. The van der Waals surface area contributed by atoms with Crippen LogP contribution >= 0.6 is 0 Å². The van der Waals surface area contributed by atoms with Gasteiger partial charge in [-0.1, -0.05) is 0 Å². The summed E-state index contributed by atoms with van der Waals surface area (Å²) in [7, 11) is -2.03. The Bertz CT molecular complexity index is 442. The second kappa shape index (κ2) is 4.90. The van der Waals surface area contributed by atoms with Gasteiger partial charge in [-0.25, -0.2) is 13.2 Å². The number of benzene rings is 1. The first-order chi connectivity index (χ1) is 7.74. The van der Waals surface area contributed by atoms with E-state index in [4.69, 9.17) is 9.69 Å². The maximum absolute atomic E-state index is 13.0. The highest BCUT2D eigenvalue weighted by molar-refractivity contribution is 6.69. The molecule has 0 radical (unpaired) electrons. The standard InChI is InChI=1S/C11H12F3NOSi/c1-17(2,3)16-10(6-15)7-4-8(12)11(14)9(13)5-7/h4-5,10H,1-3H3. The van der Waals surface area contributed by atoms with Gasteiger partial charge in [-0.05, 0) is 31.8 Å². The van der Waals surface area contributed by atoms with Crippen molar-refractivity contribution in [2.75, 3.05) is 0 Å². The van der Waals surface area contributed by atoms with Crippen LogP contribution in [0, 0.1) is 28.8 Å². The number of nitriles is 1. The molecule has 0 spiro atoms. The lowest BCUT2D eigenvalue weighted by molar-refractivity contribution is 0.253. The molecule has 2 nitrogen and oxygen atoms in total. The molecule has 92 valence electrons. The summed E-state index contributed by atoms with van der Waals surface area (Å²) < 4.78 is 44.2. The van der Waals surface area contributed by atoms with E-state index in [2.05, 4.69) is 0 Å². The van der Waals surface area contributed by atoms with Gasteiger partial charge in [0.05, 0.1) is 6.07 Å². The summed E-state index contributed by atoms with van der Waals surface area (Å²) >= 11 is 0. The molecule has 1 atom stereocenters. The fraction of sp³-hybridized carbons (Fsp3) is 0.364. The SMILES string of the molecule is C[Si](C)(C)OC(C#N)c1cc(F)c(F)c(F)c1. The minimum atomic E-state index is -2.03. The van der Waals surface area contributed by atoms with Gasteiger partial charge in [-0.2, -0.15) is 5.26 Å². The van der Waals surface area contributed by atoms with E-state index >= 15 is 0 Å². The maximum atomic E-state index is 13.0. The number of hydrogen-bond acceptors (Lipinski definition) is 2. The van der Waals surface area contributed by atoms with E-state index in [1.807, 2.05) is 19.6 Å². The second-order valence-corrected chi connectivity index (χ2v) is 9.00. The van der Waals surface area contributed by atoms with Crippen molar-refractivity contribution >= 4 is 8.32 Å². The van der Waals surface area contributed by atoms with Crippen LogP contribution in [0.1, 0.15) is 11.7 Å². The van der Waals surface area contributed by atoms with Gasteiger partial charge in [0.2, 0.25) is 0 Å². The highest BCUT2D eigenvalue weighted by Gasteiger charge is 2.24. The van der Waals surface area contributed by atoms with Gasteiger partial charge in [0.15, 0.2) is 31.9 Å². The molecule has 1 unspecified atom stereocenters. The minimum absolute atomic E-state index is 0.00803. The van der Waals surface area contributed by atoms with E-state index in [1.54, 1.807) is 6.07 Å². The summed E-state index contributed by atoms with van der Waals surface area (Å²) in [5.74, 6) is -4.18. The quantitative estimate of drug-likeness (QED) is 0.614. The molecule has 1 aromatic rings. The largest absolute Gasteiger partial charge is 0.399 e. The molecular weight excluding hydrogens is 247 g/mol. The average molecular weight is 259 g/mol. The first-order valence-electron chi connectivity index (χ1n) is 4.96. The summed E-state index contributed by atoms with van der Waals surface area (Å²) in [6.45, 7) is 5.52. The summed E-state index contributed by atoms with van der Waals surface area (Å²) in [5, 5.41) is 8.90. The van der Waals surface area contributed by atoms with E-state index in [-0.39, 0.29) is 5.56 Å². The highest BCUT2D eigenvalue weighted by atomic mass is 28.4. The smallest absolute Gasteiger partial charge is 0.194 e. The molecule has 0 aliphatic heterocycles. The van der Waals surface area contributed by atoms with Gasteiger partial charge < -0.3 is 4.43 Å². The molecule has 0 fully saturated rings. The van der Waals surface area contributed by atoms with Gasteiger partial charge in [0.1, 0.15) is 0 Å². The zero-order valence-electron chi connectivity index (χ0n) is 9.72. The Kier molecular flexibility index (Phi) is 3.96. The Balaban J connectivity index is 3.10. The average Bonchev–Trinajstić information content (AvgIpc) is 2.20. The van der Waals surface area contributed by atoms with Crippen LogP contribution in [0.5, 0.6) is 0 Å². The summed E-state index contributed by atoms with van der Waals surface area (Å²) in [6.07, 6.45) is -1.08. The van der Waals surface area contributed by atoms with Gasteiger partial charge in [-0.3, -0.25) is 0 Å². The molecule has 0 saturated heterocycles. The second-order valence-electron chi connectivity index (χ2n) is 4.54. The van der Waals surface area contributed by atoms with Crippen molar-refractivity contribution in [3.8, 4) is 6.07 Å². The number of rotatable bonds is 3. The minimum Gasteiger partial charge on any atom is -0.399 e. The van der Waals surface area contributed by atoms with Crippen molar-refractivity contribution in [3.63, 3.8) is 0 Å². The van der Waals surface area contributed by atoms with Crippen molar-refractivity contribution in [2.24, 2.45) is 0 Å². The van der Waals surface area contributed by atoms with Crippen molar-refractivity contribution in [1.82, 2.24) is 0 Å². The predicted octanol–water partition coefficient (Wildman–Crippen LogP) is 3.52. The molecule has 0 heterocycles. The Morgan fingerprint density at radius 1 is 1.18 bits per heavy atom. The zero-order chi connectivity index (χ0) is 13.2. The third-order valence-corrected chi connectivity index (χ3v) is 2.84. The Morgan fingerprint density at radius 2 is 1.65 bits per heavy atom. The predicted molar refractivity (Wildman–Crippen MR) is 59.1 cm³/mol. The monoisotopic (exact) mass is 259 g/mol. The molecule has 6 heteroatoms. The van der Waals surface area contributed by atoms with Crippen LogP contribution in [0.3, 0.4) is 0 Å². The molecule has 1 rings (SSSR count). The van der Waals surface area contributed by atoms with E-state index in [0.717, 1.165) is 12.1 Å². The van der Waals surface area contributed by atoms with E-state index in [0.29, 0.717) is 0 Å². The third kappa shape index (κ3) is 3.58. The number of hydrogen-bond donors (Lipinski definition) is 0. The maximum Gasteiger partial charge on any atom is 0.194 e. The van der Waals surface area contributed by atoms with Gasteiger partial charge in [0.25, 0.3) is 0 Å². The molecule has 0 aromatic heterocycles. The molecule has 0 amide bonds. The topological polar surface area (TPSA) is 33.0 Å². The van der Waals surface area contributed by atoms with Crippen LogP contribution in [-0.4, -0.2) is 8.32 Å². The first kappa shape index (κ1) is 13.7. The van der Waals surface area contributed by atoms with Crippen LogP contribution in [0.15, 0.2) is 12.1 Å². The zero-order valence-corrected chi connectivity index (χ0v) is 10.7. The molecule has 0 N–H and O–H groups in total. The van der Waals surface area contributed by atoms with Gasteiger partial charge in [-0.15, -0.1) is 0 Å². The molecule has 0 aliphatic rings. The van der Waals surface area contributed by atoms with Gasteiger partial charge >= 0.3 is 0 Å². The van der Waals surface area contributed by atoms with Crippen LogP contribution in [0.25, 0.3) is 0 Å². The molecule has 17 heavy (non-hydrogen) atoms. The Morgan fingerprint density at radius 3 is 2.00 bits per heavy atom. The van der Waals surface area contributed by atoms with E-state index in [1.165, 1.54) is 0 Å². The molecule has 0 bridgehead atoms. The number of halogens is 3. The van der Waals surface area contributed by atoms with Crippen molar-refractivity contribution in [1.29, 1.82) is 5.26 Å². The lowest BCUT2D eigenvalue weighted by Crippen LogP contribution is -2.27. The Hall–Kier alpha value is -1.32. The fourth-order valence-electron chi connectivity index (χ4n) is 1.25. The molecule has 0 aliphatic carbocycles. The summed E-state index contributed by atoms with van der Waals surface area (Å²) in [5.41, 5.74) is -0.00803. The third-order valence-electron chi connectivity index (χ3n) is 1.90. The lowest BCUT2D eigenvalue weighted by atomic mass is 10.1. The van der Waals surface area contributed by atoms with Crippen molar-refractivity contribution < 1.29 is 17.6 Å². The molecule has 0 saturated carbocycles. The van der Waals surface area contributed by atoms with Crippen molar-refractivity contribution in [2.45, 2.75) is 25.7 Å². The first-order valence-corrected chi connectivity index (χ1v) is 8.37. The van der Waals surface area contributed by atoms with Crippen LogP contribution in [0.2, 0.25) is 19.6 Å². The van der Waals surface area contributed by atoms with Crippen LogP contribution in [0.4, 0.5) is 13.2 Å². The summed E-state index contributed by atoms with van der Waals surface area (Å²) in [4.78, 5) is 0. The van der Waals surface area contributed by atoms with Crippen LogP contribution < -0.4 is 0 Å². The van der Waals surface area contributed by atoms with E-state index < -0.39 is 31.9 Å². The Labute approximate surface area is 98.8 Å². The number of nitrogens with zero attached hydrogens (tertiary/aromatic N) is 1. The van der Waals surface area contributed by atoms with E-state index in [9.17, 15) is 13.2 Å². The highest BCUT2D eigenvalue weighted by Crippen LogP contribution is 2.24. The fourth-order valence-corrected chi connectivity index (χ4v) is 2.14. The molecule has 1 aromatic carbocycles. The lowest BCUT2D eigenvalue weighted by Gasteiger charge is -2.21. The van der Waals surface area contributed by atoms with Gasteiger partial charge in [0, 0.05) is 5.56 Å². The normalized spacial score (nSPS) is 13.2. The van der Waals surface area contributed by atoms with Crippen LogP contribution in [-0.2, 0) is 4.43 Å². The van der Waals surface area contributed by atoms with Crippen molar-refractivity contribution in [3.05, 3.63) is 35.1 Å². The summed E-state index contributed by atoms with van der Waals surface area (Å²) in [6, 6.07) is 3.37.